The molecule has 2 atom stereocenters. The van der Waals surface area contributed by atoms with Crippen LogP contribution in [0.2, 0.25) is 0 Å². The molecular weight excluding hydrogens is 511 g/mol. The molecule has 0 bridgehead atoms. The van der Waals surface area contributed by atoms with Crippen molar-refractivity contribution in [3.8, 4) is 11.1 Å². The van der Waals surface area contributed by atoms with Crippen molar-refractivity contribution in [2.75, 3.05) is 0 Å². The van der Waals surface area contributed by atoms with Gasteiger partial charge in [-0.05, 0) is 63.1 Å². The van der Waals surface area contributed by atoms with E-state index < -0.39 is 12.6 Å². The second kappa shape index (κ2) is 6.72. The van der Waals surface area contributed by atoms with Crippen molar-refractivity contribution in [3.63, 3.8) is 0 Å². The van der Waals surface area contributed by atoms with Crippen LogP contribution in [0.4, 0.5) is 0 Å². The Balaban J connectivity index is 1.65. The fourth-order valence-electron chi connectivity index (χ4n) is 6.98. The van der Waals surface area contributed by atoms with Crippen molar-refractivity contribution in [1.82, 2.24) is 0 Å². The fraction of sp³-hybridized carbons (Fsp3) is 0.0625. The third-order valence-corrected chi connectivity index (χ3v) is 12.0. The van der Waals surface area contributed by atoms with Crippen molar-refractivity contribution in [3.05, 3.63) is 147 Å². The molecule has 2 aliphatic heterocycles. The van der Waals surface area contributed by atoms with Crippen LogP contribution in [0.5, 0.6) is 0 Å². The van der Waals surface area contributed by atoms with Gasteiger partial charge in [-0.2, -0.15) is 0 Å². The topological polar surface area (TPSA) is 17.1 Å². The van der Waals surface area contributed by atoms with E-state index >= 15 is 4.57 Å². The van der Waals surface area contributed by atoms with Gasteiger partial charge in [0, 0.05) is 20.4 Å². The van der Waals surface area contributed by atoms with E-state index in [9.17, 15) is 0 Å². The van der Waals surface area contributed by atoms with Gasteiger partial charge in [-0.1, -0.05) is 113 Å². The molecule has 5 aromatic carbocycles. The van der Waals surface area contributed by atoms with Crippen LogP contribution in [0.15, 0.2) is 114 Å². The maximum Gasteiger partial charge on any atom is 0.172 e. The molecule has 2 unspecified atom stereocenters. The molecule has 2 heterocycles. The summed E-state index contributed by atoms with van der Waals surface area (Å²) < 4.78 is 16.5. The Hall–Kier alpha value is -3.19. The summed E-state index contributed by atoms with van der Waals surface area (Å²) in [6.45, 7) is 0. The molecule has 0 amide bonds. The number of rotatable bonds is 0. The molecule has 8 rings (SSSR count). The number of hydrogen-bond donors (Lipinski definition) is 0. The van der Waals surface area contributed by atoms with E-state index in [-0.39, 0.29) is 0 Å². The average molecular weight is 531 g/mol. The number of halogens is 1. The Kier molecular flexibility index (Phi) is 3.85. The van der Waals surface area contributed by atoms with Crippen LogP contribution in [-0.4, -0.2) is 0 Å². The zero-order valence-corrected chi connectivity index (χ0v) is 21.3. The monoisotopic (exact) mass is 530 g/mol. The highest BCUT2D eigenvalue weighted by molar-refractivity contribution is 9.10. The van der Waals surface area contributed by atoms with E-state index in [0.29, 0.717) is 0 Å². The number of fused-ring (bicyclic) bond motifs is 11. The molecule has 166 valence electrons. The summed E-state index contributed by atoms with van der Waals surface area (Å²) in [7, 11) is -3.01. The van der Waals surface area contributed by atoms with Gasteiger partial charge in [0.15, 0.2) is 7.14 Å². The molecule has 1 spiro atoms. The molecule has 0 N–H and O–H groups in total. The van der Waals surface area contributed by atoms with Crippen molar-refractivity contribution in [2.45, 2.75) is 11.8 Å². The van der Waals surface area contributed by atoms with E-state index in [1.54, 1.807) is 0 Å². The third kappa shape index (κ3) is 2.24. The highest BCUT2D eigenvalue weighted by atomic mass is 79.9. The van der Waals surface area contributed by atoms with Crippen molar-refractivity contribution >= 4 is 39.0 Å². The maximum atomic E-state index is 15.4. The van der Waals surface area contributed by atoms with Crippen molar-refractivity contribution in [2.24, 2.45) is 0 Å². The van der Waals surface area contributed by atoms with Gasteiger partial charge in [0.2, 0.25) is 0 Å². The first-order valence-corrected chi connectivity index (χ1v) is 14.5. The molecule has 3 aliphatic rings. The van der Waals surface area contributed by atoms with E-state index in [1.165, 1.54) is 27.8 Å². The predicted octanol–water partition coefficient (Wildman–Crippen LogP) is 6.67. The van der Waals surface area contributed by atoms with Crippen LogP contribution in [0.25, 0.3) is 11.1 Å². The zero-order chi connectivity index (χ0) is 23.4. The van der Waals surface area contributed by atoms with Gasteiger partial charge >= 0.3 is 0 Å². The molecule has 0 fully saturated rings. The van der Waals surface area contributed by atoms with Crippen molar-refractivity contribution in [1.29, 1.82) is 0 Å². The quantitative estimate of drug-likeness (QED) is 0.200. The van der Waals surface area contributed by atoms with E-state index in [2.05, 4.69) is 119 Å². The van der Waals surface area contributed by atoms with Gasteiger partial charge in [-0.25, -0.2) is 0 Å². The molecule has 3 heteroatoms. The van der Waals surface area contributed by atoms with Crippen LogP contribution in [0.3, 0.4) is 0 Å². The minimum atomic E-state index is -3.01. The number of hydrogen-bond acceptors (Lipinski definition) is 1. The first kappa shape index (κ1) is 20.0. The second-order valence-corrected chi connectivity index (χ2v) is 13.3. The van der Waals surface area contributed by atoms with Crippen molar-refractivity contribution < 1.29 is 4.57 Å². The molecular formula is C32H20BrOP. The molecule has 1 nitrogen and oxygen atoms in total. The van der Waals surface area contributed by atoms with E-state index in [4.69, 9.17) is 0 Å². The first-order valence-electron chi connectivity index (χ1n) is 12.0. The van der Waals surface area contributed by atoms with Gasteiger partial charge in [-0.3, -0.25) is 0 Å². The lowest BCUT2D eigenvalue weighted by Gasteiger charge is -2.47. The zero-order valence-electron chi connectivity index (χ0n) is 18.8. The molecule has 0 saturated carbocycles. The summed E-state index contributed by atoms with van der Waals surface area (Å²) in [6, 6.07) is 38.9. The lowest BCUT2D eigenvalue weighted by molar-refractivity contribution is 0.590. The molecule has 0 radical (unpaired) electrons. The largest absolute Gasteiger partial charge is 0.309 e. The number of benzene rings is 5. The van der Waals surface area contributed by atoms with E-state index in [0.717, 1.165) is 43.5 Å². The van der Waals surface area contributed by atoms with Gasteiger partial charge in [0.1, 0.15) is 0 Å². The average Bonchev–Trinajstić information content (AvgIpc) is 3.17. The normalized spacial score (nSPS) is 22.1. The van der Waals surface area contributed by atoms with E-state index in [1.807, 2.05) is 6.07 Å². The highest BCUT2D eigenvalue weighted by Gasteiger charge is 2.56. The lowest BCUT2D eigenvalue weighted by Crippen LogP contribution is -2.47. The summed E-state index contributed by atoms with van der Waals surface area (Å²) in [5, 5.41) is 2.98. The summed E-state index contributed by atoms with van der Waals surface area (Å²) >= 11 is 3.78. The molecule has 0 aromatic heterocycles. The van der Waals surface area contributed by atoms with Crippen LogP contribution in [0, 0.1) is 0 Å². The maximum absolute atomic E-state index is 15.4. The SMILES string of the molecule is O=P12c3ccccc3-c3cccc(c31)C1(c3ccccc3Cc3ccc(Br)cc31)c1ccccc12. The van der Waals surface area contributed by atoms with Crippen LogP contribution in [-0.2, 0) is 16.4 Å². The summed E-state index contributed by atoms with van der Waals surface area (Å²) in [6.07, 6.45) is 0.898. The van der Waals surface area contributed by atoms with Gasteiger partial charge < -0.3 is 4.57 Å². The minimum Gasteiger partial charge on any atom is -0.309 e. The summed E-state index contributed by atoms with van der Waals surface area (Å²) in [4.78, 5) is 0. The first-order chi connectivity index (χ1) is 17.1. The smallest absolute Gasteiger partial charge is 0.172 e. The lowest BCUT2D eigenvalue weighted by atomic mass is 9.59. The highest BCUT2D eigenvalue weighted by Crippen LogP contribution is 2.63. The van der Waals surface area contributed by atoms with Gasteiger partial charge in [-0.15, -0.1) is 0 Å². The van der Waals surface area contributed by atoms with Crippen LogP contribution in [0.1, 0.15) is 33.4 Å². The Morgan fingerprint density at radius 3 is 2.14 bits per heavy atom. The Bertz CT molecular complexity index is 1780. The minimum absolute atomic E-state index is 0.522. The third-order valence-electron chi connectivity index (χ3n) is 8.21. The molecule has 0 saturated heterocycles. The Morgan fingerprint density at radius 2 is 1.26 bits per heavy atom. The summed E-state index contributed by atoms with van der Waals surface area (Å²) in [5.74, 6) is 0. The Morgan fingerprint density at radius 1 is 0.600 bits per heavy atom. The Labute approximate surface area is 213 Å². The standard InChI is InChI=1S/C32H20BrOP/c33-22-17-16-21-18-20-8-1-3-11-25(20)32(28(21)19-22)26-12-4-6-15-30(26)35(34)29-14-5-2-9-23(29)24-10-7-13-27(32)31(24)35/h1-17,19H,18H2. The molecule has 1 aliphatic carbocycles. The second-order valence-electron chi connectivity index (χ2n) is 9.73. The van der Waals surface area contributed by atoms with Crippen LogP contribution >= 0.6 is 23.1 Å². The predicted molar refractivity (Wildman–Crippen MR) is 147 cm³/mol. The fourth-order valence-corrected chi connectivity index (χ4v) is 10.9. The van der Waals surface area contributed by atoms with Gasteiger partial charge in [0.05, 0.1) is 5.41 Å². The molecule has 35 heavy (non-hydrogen) atoms. The van der Waals surface area contributed by atoms with Crippen LogP contribution < -0.4 is 15.9 Å². The molecule has 5 aromatic rings. The summed E-state index contributed by atoms with van der Waals surface area (Å²) in [5.41, 5.74) is 9.27. The van der Waals surface area contributed by atoms with Gasteiger partial charge in [0.25, 0.3) is 0 Å².